The van der Waals surface area contributed by atoms with Crippen LogP contribution in [0.25, 0.3) is 0 Å². The van der Waals surface area contributed by atoms with Crippen molar-refractivity contribution in [2.75, 3.05) is 6.54 Å². The Labute approximate surface area is 136 Å². The van der Waals surface area contributed by atoms with E-state index in [1.165, 1.54) is 21.2 Å². The van der Waals surface area contributed by atoms with Gasteiger partial charge in [0, 0.05) is 23.0 Å². The first-order valence-corrected chi connectivity index (χ1v) is 8.39. The summed E-state index contributed by atoms with van der Waals surface area (Å²) >= 11 is 3.70. The molecule has 0 amide bonds. The molecule has 0 radical (unpaired) electrons. The molecule has 2 rings (SSSR count). The predicted molar refractivity (Wildman–Crippen MR) is 94.9 cm³/mol. The summed E-state index contributed by atoms with van der Waals surface area (Å²) < 4.78 is 1.20. The van der Waals surface area contributed by atoms with Gasteiger partial charge in [0.15, 0.2) is 0 Å². The fourth-order valence-electron chi connectivity index (χ4n) is 2.48. The molecule has 0 aliphatic rings. The Bertz CT molecular complexity index is 560. The molecule has 21 heavy (non-hydrogen) atoms. The van der Waals surface area contributed by atoms with E-state index in [4.69, 9.17) is 0 Å². The van der Waals surface area contributed by atoms with Gasteiger partial charge in [-0.2, -0.15) is 0 Å². The van der Waals surface area contributed by atoms with Gasteiger partial charge in [-0.1, -0.05) is 77.8 Å². The van der Waals surface area contributed by atoms with Gasteiger partial charge in [0.05, 0.1) is 0 Å². The van der Waals surface area contributed by atoms with E-state index in [2.05, 4.69) is 90.5 Å². The van der Waals surface area contributed by atoms with Crippen molar-refractivity contribution in [1.82, 2.24) is 5.32 Å². The second-order valence-electron chi connectivity index (χ2n) is 5.97. The molecule has 0 heterocycles. The van der Waals surface area contributed by atoms with Gasteiger partial charge in [-0.3, -0.25) is 0 Å². The summed E-state index contributed by atoms with van der Waals surface area (Å²) in [5.41, 5.74) is 4.09. The Hall–Kier alpha value is -1.12. The van der Waals surface area contributed by atoms with Crippen molar-refractivity contribution in [2.24, 2.45) is 0 Å². The normalized spacial score (nSPS) is 12.6. The lowest BCUT2D eigenvalue weighted by molar-refractivity contribution is 0.526. The standard InChI is InChI=1S/C19H24BrN/c1-14(2)21-13-17(18-6-4-5-7-19(18)20)12-16-10-8-15(3)9-11-16/h4-11,14,17,21H,12-13H2,1-3H3. The number of nitrogens with one attached hydrogen (secondary N) is 1. The molecule has 1 atom stereocenters. The van der Waals surface area contributed by atoms with E-state index in [1.807, 2.05) is 0 Å². The SMILES string of the molecule is Cc1ccc(CC(CNC(C)C)c2ccccc2Br)cc1. The third-order valence-corrected chi connectivity index (χ3v) is 4.44. The minimum Gasteiger partial charge on any atom is -0.314 e. The monoisotopic (exact) mass is 345 g/mol. The highest BCUT2D eigenvalue weighted by Crippen LogP contribution is 2.27. The van der Waals surface area contributed by atoms with Gasteiger partial charge in [0.2, 0.25) is 0 Å². The van der Waals surface area contributed by atoms with Crippen LogP contribution in [0, 0.1) is 6.92 Å². The van der Waals surface area contributed by atoms with Gasteiger partial charge < -0.3 is 5.32 Å². The molecule has 2 aromatic carbocycles. The van der Waals surface area contributed by atoms with Gasteiger partial charge >= 0.3 is 0 Å². The van der Waals surface area contributed by atoms with E-state index in [0.29, 0.717) is 12.0 Å². The molecular formula is C19H24BrN. The molecule has 2 aromatic rings. The van der Waals surface area contributed by atoms with Crippen molar-refractivity contribution in [2.45, 2.75) is 39.2 Å². The highest BCUT2D eigenvalue weighted by atomic mass is 79.9. The molecule has 1 unspecified atom stereocenters. The number of hydrogen-bond donors (Lipinski definition) is 1. The van der Waals surface area contributed by atoms with Gasteiger partial charge in [-0.15, -0.1) is 0 Å². The summed E-state index contributed by atoms with van der Waals surface area (Å²) in [4.78, 5) is 0. The van der Waals surface area contributed by atoms with E-state index in [1.54, 1.807) is 0 Å². The van der Waals surface area contributed by atoms with Crippen molar-refractivity contribution in [3.63, 3.8) is 0 Å². The highest BCUT2D eigenvalue weighted by Gasteiger charge is 2.15. The first-order valence-electron chi connectivity index (χ1n) is 7.59. The van der Waals surface area contributed by atoms with Crippen LogP contribution in [0.15, 0.2) is 53.0 Å². The molecule has 0 bridgehead atoms. The fourth-order valence-corrected chi connectivity index (χ4v) is 3.09. The third kappa shape index (κ3) is 4.98. The maximum atomic E-state index is 3.70. The third-order valence-electron chi connectivity index (χ3n) is 3.72. The summed E-state index contributed by atoms with van der Waals surface area (Å²) in [6, 6.07) is 17.9. The minimum atomic E-state index is 0.477. The van der Waals surface area contributed by atoms with E-state index in [9.17, 15) is 0 Å². The lowest BCUT2D eigenvalue weighted by Crippen LogP contribution is -2.29. The summed E-state index contributed by atoms with van der Waals surface area (Å²) in [6.07, 6.45) is 1.06. The summed E-state index contributed by atoms with van der Waals surface area (Å²) in [6.45, 7) is 7.52. The zero-order valence-corrected chi connectivity index (χ0v) is 14.7. The highest BCUT2D eigenvalue weighted by molar-refractivity contribution is 9.10. The molecule has 0 aromatic heterocycles. The van der Waals surface area contributed by atoms with Crippen LogP contribution in [-0.2, 0) is 6.42 Å². The van der Waals surface area contributed by atoms with Crippen molar-refractivity contribution in [3.05, 3.63) is 69.7 Å². The Balaban J connectivity index is 2.19. The summed E-state index contributed by atoms with van der Waals surface area (Å²) in [5.74, 6) is 0.477. The van der Waals surface area contributed by atoms with Crippen LogP contribution in [0.5, 0.6) is 0 Å². The lowest BCUT2D eigenvalue weighted by atomic mass is 9.91. The molecule has 0 saturated carbocycles. The molecule has 0 aliphatic heterocycles. The number of benzene rings is 2. The average molecular weight is 346 g/mol. The quantitative estimate of drug-likeness (QED) is 0.769. The first-order chi connectivity index (χ1) is 10.1. The topological polar surface area (TPSA) is 12.0 Å². The molecule has 0 aliphatic carbocycles. The van der Waals surface area contributed by atoms with E-state index < -0.39 is 0 Å². The van der Waals surface area contributed by atoms with Gasteiger partial charge in [-0.25, -0.2) is 0 Å². The lowest BCUT2D eigenvalue weighted by Gasteiger charge is -2.21. The molecular weight excluding hydrogens is 322 g/mol. The molecule has 0 fully saturated rings. The van der Waals surface area contributed by atoms with Crippen LogP contribution < -0.4 is 5.32 Å². The molecule has 0 saturated heterocycles. The van der Waals surface area contributed by atoms with Crippen molar-refractivity contribution >= 4 is 15.9 Å². The summed E-state index contributed by atoms with van der Waals surface area (Å²) in [7, 11) is 0. The van der Waals surface area contributed by atoms with Crippen LogP contribution in [-0.4, -0.2) is 12.6 Å². The zero-order chi connectivity index (χ0) is 15.2. The second-order valence-corrected chi connectivity index (χ2v) is 6.83. The number of aryl methyl sites for hydroxylation is 1. The number of halogens is 1. The van der Waals surface area contributed by atoms with Crippen LogP contribution in [0.3, 0.4) is 0 Å². The Morgan fingerprint density at radius 1 is 1.00 bits per heavy atom. The number of hydrogen-bond acceptors (Lipinski definition) is 1. The largest absolute Gasteiger partial charge is 0.314 e. The smallest absolute Gasteiger partial charge is 0.0210 e. The van der Waals surface area contributed by atoms with Crippen LogP contribution in [0.1, 0.15) is 36.5 Å². The minimum absolute atomic E-state index is 0.477. The molecule has 1 N–H and O–H groups in total. The Kier molecular flexibility index (Phi) is 6.01. The van der Waals surface area contributed by atoms with E-state index >= 15 is 0 Å². The predicted octanol–water partition coefficient (Wildman–Crippen LogP) is 5.08. The Morgan fingerprint density at radius 3 is 2.29 bits per heavy atom. The van der Waals surface area contributed by atoms with Crippen LogP contribution >= 0.6 is 15.9 Å². The molecule has 2 heteroatoms. The molecule has 112 valence electrons. The van der Waals surface area contributed by atoms with Gasteiger partial charge in [-0.05, 0) is 30.5 Å². The maximum absolute atomic E-state index is 3.70. The van der Waals surface area contributed by atoms with Crippen molar-refractivity contribution < 1.29 is 0 Å². The van der Waals surface area contributed by atoms with Crippen molar-refractivity contribution in [1.29, 1.82) is 0 Å². The average Bonchev–Trinajstić information content (AvgIpc) is 2.46. The van der Waals surface area contributed by atoms with E-state index in [0.717, 1.165) is 13.0 Å². The van der Waals surface area contributed by atoms with Crippen LogP contribution in [0.4, 0.5) is 0 Å². The van der Waals surface area contributed by atoms with Gasteiger partial charge in [0.25, 0.3) is 0 Å². The molecule has 1 nitrogen and oxygen atoms in total. The Morgan fingerprint density at radius 2 is 1.67 bits per heavy atom. The maximum Gasteiger partial charge on any atom is 0.0210 e. The number of rotatable bonds is 6. The van der Waals surface area contributed by atoms with Crippen LogP contribution in [0.2, 0.25) is 0 Å². The fraction of sp³-hybridized carbons (Fsp3) is 0.368. The second kappa shape index (κ2) is 7.77. The van der Waals surface area contributed by atoms with Crippen molar-refractivity contribution in [3.8, 4) is 0 Å². The van der Waals surface area contributed by atoms with E-state index in [-0.39, 0.29) is 0 Å². The van der Waals surface area contributed by atoms with Gasteiger partial charge in [0.1, 0.15) is 0 Å². The summed E-state index contributed by atoms with van der Waals surface area (Å²) in [5, 5.41) is 3.58. The molecule has 0 spiro atoms. The first kappa shape index (κ1) is 16.3. The zero-order valence-electron chi connectivity index (χ0n) is 13.1.